The van der Waals surface area contributed by atoms with Gasteiger partial charge in [-0.25, -0.2) is 9.38 Å². The van der Waals surface area contributed by atoms with Gasteiger partial charge < -0.3 is 15.0 Å². The number of benzene rings is 3. The van der Waals surface area contributed by atoms with Crippen LogP contribution in [0.15, 0.2) is 77.8 Å². The fraction of sp³-hybridized carbons (Fsp3) is 0.185. The Morgan fingerprint density at radius 3 is 2.36 bits per heavy atom. The number of aliphatic imine (C=N–C) groups is 1. The number of nitrogens with zero attached hydrogens (tertiary/aromatic N) is 2. The van der Waals surface area contributed by atoms with Crippen LogP contribution in [0.1, 0.15) is 40.7 Å². The van der Waals surface area contributed by atoms with Crippen LogP contribution in [0.4, 0.5) is 10.1 Å². The van der Waals surface area contributed by atoms with Crippen molar-refractivity contribution in [2.75, 3.05) is 13.1 Å². The molecule has 1 aliphatic rings. The number of rotatable bonds is 4. The number of aromatic amines is 1. The highest BCUT2D eigenvalue weighted by Crippen LogP contribution is 2.32. The average molecular weight is 442 g/mol. The molecule has 1 aliphatic heterocycles. The molecule has 0 unspecified atom stereocenters. The van der Waals surface area contributed by atoms with Gasteiger partial charge >= 0.3 is 0 Å². The monoisotopic (exact) mass is 441 g/mol. The van der Waals surface area contributed by atoms with E-state index in [1.54, 1.807) is 18.2 Å². The average Bonchev–Trinajstić information content (AvgIpc) is 3.18. The third-order valence-electron chi connectivity index (χ3n) is 6.02. The van der Waals surface area contributed by atoms with Gasteiger partial charge in [0.05, 0.1) is 22.5 Å². The standard InChI is InChI=1S/C27H24FN3O2/c28-20-11-14-22-23(17-20)30-26(32)24(22)25(18-7-3-1-4-8-18)29-21-12-9-19(10-13-21)27(33)31-15-5-2-6-16-31/h1,3-4,7-14,17,30,32H,2,5-6,15-16H2. The molecule has 166 valence electrons. The van der Waals surface area contributed by atoms with Crippen LogP contribution in [0.25, 0.3) is 10.9 Å². The number of aromatic nitrogens is 1. The zero-order valence-electron chi connectivity index (χ0n) is 18.1. The number of hydrogen-bond acceptors (Lipinski definition) is 3. The highest BCUT2D eigenvalue weighted by Gasteiger charge is 2.20. The maximum atomic E-state index is 13.7. The zero-order chi connectivity index (χ0) is 22.8. The van der Waals surface area contributed by atoms with Gasteiger partial charge in [-0.15, -0.1) is 0 Å². The smallest absolute Gasteiger partial charge is 0.253 e. The number of aromatic hydroxyl groups is 1. The van der Waals surface area contributed by atoms with Crippen molar-refractivity contribution in [1.82, 2.24) is 9.88 Å². The van der Waals surface area contributed by atoms with Crippen molar-refractivity contribution in [3.8, 4) is 5.88 Å². The summed E-state index contributed by atoms with van der Waals surface area (Å²) in [6.45, 7) is 1.61. The Morgan fingerprint density at radius 1 is 0.909 bits per heavy atom. The lowest BCUT2D eigenvalue weighted by Crippen LogP contribution is -2.35. The van der Waals surface area contributed by atoms with Crippen LogP contribution in [0.2, 0.25) is 0 Å². The molecular formula is C27H24FN3O2. The molecule has 5 rings (SSSR count). The first kappa shape index (κ1) is 20.9. The third-order valence-corrected chi connectivity index (χ3v) is 6.02. The van der Waals surface area contributed by atoms with Crippen molar-refractivity contribution >= 4 is 28.2 Å². The van der Waals surface area contributed by atoms with Gasteiger partial charge in [0.2, 0.25) is 0 Å². The molecule has 0 bridgehead atoms. The summed E-state index contributed by atoms with van der Waals surface area (Å²) >= 11 is 0. The molecule has 1 aromatic heterocycles. The topological polar surface area (TPSA) is 68.7 Å². The molecule has 5 nitrogen and oxygen atoms in total. The quantitative estimate of drug-likeness (QED) is 0.393. The number of nitrogens with one attached hydrogen (secondary N) is 1. The van der Waals surface area contributed by atoms with Crippen LogP contribution in [0, 0.1) is 5.82 Å². The van der Waals surface area contributed by atoms with Gasteiger partial charge in [-0.2, -0.15) is 0 Å². The predicted octanol–water partition coefficient (Wildman–Crippen LogP) is 5.81. The van der Waals surface area contributed by atoms with Crippen molar-refractivity contribution < 1.29 is 14.3 Å². The van der Waals surface area contributed by atoms with Crippen molar-refractivity contribution in [3.63, 3.8) is 0 Å². The van der Waals surface area contributed by atoms with Crippen molar-refractivity contribution in [2.24, 2.45) is 4.99 Å². The van der Waals surface area contributed by atoms with E-state index in [1.807, 2.05) is 47.4 Å². The molecule has 3 aromatic carbocycles. The zero-order valence-corrected chi connectivity index (χ0v) is 18.1. The van der Waals surface area contributed by atoms with Gasteiger partial charge in [-0.3, -0.25) is 4.79 Å². The molecule has 0 radical (unpaired) electrons. The normalized spacial score (nSPS) is 14.6. The number of fused-ring (bicyclic) bond motifs is 1. The van der Waals surface area contributed by atoms with E-state index in [0.29, 0.717) is 33.4 Å². The van der Waals surface area contributed by atoms with E-state index >= 15 is 0 Å². The van der Waals surface area contributed by atoms with Crippen molar-refractivity contribution in [1.29, 1.82) is 0 Å². The van der Waals surface area contributed by atoms with Crippen LogP contribution in [0.3, 0.4) is 0 Å². The first-order valence-corrected chi connectivity index (χ1v) is 11.1. The summed E-state index contributed by atoms with van der Waals surface area (Å²) in [6.07, 6.45) is 3.27. The van der Waals surface area contributed by atoms with E-state index in [9.17, 15) is 14.3 Å². The summed E-state index contributed by atoms with van der Waals surface area (Å²) in [7, 11) is 0. The minimum absolute atomic E-state index is 0.0461. The number of H-pyrrole nitrogens is 1. The number of piperidine rings is 1. The van der Waals surface area contributed by atoms with Crippen LogP contribution < -0.4 is 0 Å². The molecule has 1 amide bonds. The van der Waals surface area contributed by atoms with Crippen LogP contribution in [-0.4, -0.2) is 39.7 Å². The van der Waals surface area contributed by atoms with Crippen LogP contribution in [0.5, 0.6) is 5.88 Å². The highest BCUT2D eigenvalue weighted by atomic mass is 19.1. The summed E-state index contributed by atoms with van der Waals surface area (Å²) in [5.74, 6) is -0.414. The van der Waals surface area contributed by atoms with Gasteiger partial charge in [0.15, 0.2) is 5.88 Å². The maximum Gasteiger partial charge on any atom is 0.253 e. The summed E-state index contributed by atoms with van der Waals surface area (Å²) < 4.78 is 13.7. The molecule has 0 spiro atoms. The largest absolute Gasteiger partial charge is 0.494 e. The van der Waals surface area contributed by atoms with E-state index in [4.69, 9.17) is 4.99 Å². The van der Waals surface area contributed by atoms with Crippen molar-refractivity contribution in [2.45, 2.75) is 19.3 Å². The minimum atomic E-state index is -0.387. The molecule has 1 saturated heterocycles. The number of likely N-dealkylation sites (tertiary alicyclic amines) is 1. The number of halogens is 1. The van der Waals surface area contributed by atoms with E-state index in [0.717, 1.165) is 31.5 Å². The molecule has 0 atom stereocenters. The number of carbonyl (C=O) groups excluding carboxylic acids is 1. The van der Waals surface area contributed by atoms with Gasteiger partial charge in [0.25, 0.3) is 5.91 Å². The second-order valence-electron chi connectivity index (χ2n) is 8.26. The molecule has 33 heavy (non-hydrogen) atoms. The molecule has 6 heteroatoms. The second-order valence-corrected chi connectivity index (χ2v) is 8.26. The van der Waals surface area contributed by atoms with E-state index in [-0.39, 0.29) is 17.6 Å². The molecule has 4 aromatic rings. The van der Waals surface area contributed by atoms with E-state index < -0.39 is 0 Å². The molecule has 2 N–H and O–H groups in total. The molecule has 0 aliphatic carbocycles. The van der Waals surface area contributed by atoms with Gasteiger partial charge in [0, 0.05) is 29.6 Å². The first-order valence-electron chi connectivity index (χ1n) is 11.1. The van der Waals surface area contributed by atoms with E-state index in [2.05, 4.69) is 4.98 Å². The summed E-state index contributed by atoms with van der Waals surface area (Å²) in [6, 6.07) is 21.1. The summed E-state index contributed by atoms with van der Waals surface area (Å²) in [5.41, 5.74) is 3.66. The van der Waals surface area contributed by atoms with Crippen LogP contribution >= 0.6 is 0 Å². The fourth-order valence-corrected chi connectivity index (χ4v) is 4.34. The second kappa shape index (κ2) is 8.90. The number of carbonyl (C=O) groups is 1. The summed E-state index contributed by atoms with van der Waals surface area (Å²) in [5, 5.41) is 11.4. The SMILES string of the molecule is O=C(c1ccc(N=C(c2ccccc2)c2c(O)[nH]c3cc(F)ccc23)cc1)N1CCCCC1. The molecule has 1 fully saturated rings. The fourth-order valence-electron chi connectivity index (χ4n) is 4.34. The third kappa shape index (κ3) is 4.24. The minimum Gasteiger partial charge on any atom is -0.494 e. The lowest BCUT2D eigenvalue weighted by atomic mass is 10.0. The van der Waals surface area contributed by atoms with Gasteiger partial charge in [-0.1, -0.05) is 30.3 Å². The molecule has 2 heterocycles. The first-order chi connectivity index (χ1) is 16.1. The van der Waals surface area contributed by atoms with Gasteiger partial charge in [-0.05, 0) is 61.7 Å². The highest BCUT2D eigenvalue weighted by molar-refractivity contribution is 6.21. The Balaban J connectivity index is 1.55. The van der Waals surface area contributed by atoms with Gasteiger partial charge in [0.1, 0.15) is 5.82 Å². The van der Waals surface area contributed by atoms with Crippen LogP contribution in [-0.2, 0) is 0 Å². The Hall–Kier alpha value is -3.93. The number of amides is 1. The maximum absolute atomic E-state index is 13.7. The number of hydrogen-bond donors (Lipinski definition) is 2. The molecular weight excluding hydrogens is 417 g/mol. The summed E-state index contributed by atoms with van der Waals surface area (Å²) in [4.78, 5) is 22.4. The lowest BCUT2D eigenvalue weighted by molar-refractivity contribution is 0.0724. The van der Waals surface area contributed by atoms with Crippen molar-refractivity contribution in [3.05, 3.63) is 95.3 Å². The lowest BCUT2D eigenvalue weighted by Gasteiger charge is -2.26. The molecule has 0 saturated carbocycles. The predicted molar refractivity (Wildman–Crippen MR) is 128 cm³/mol. The Morgan fingerprint density at radius 2 is 1.64 bits per heavy atom. The Bertz CT molecular complexity index is 1320. The Kier molecular flexibility index (Phi) is 5.65. The Labute approximate surface area is 191 Å². The van der Waals surface area contributed by atoms with E-state index in [1.165, 1.54) is 18.6 Å².